The van der Waals surface area contributed by atoms with Crippen LogP contribution in [0.15, 0.2) is 24.3 Å². The van der Waals surface area contributed by atoms with Gasteiger partial charge in [0.05, 0.1) is 5.97 Å². The van der Waals surface area contributed by atoms with Gasteiger partial charge < -0.3 is 14.6 Å². The average Bonchev–Trinajstić information content (AvgIpc) is 2.15. The molecule has 0 unspecified atom stereocenters. The van der Waals surface area contributed by atoms with Crippen molar-refractivity contribution in [2.45, 2.75) is 13.3 Å². The number of hydrogen-bond donors (Lipinski definition) is 0. The van der Waals surface area contributed by atoms with E-state index < -0.39 is 12.6 Å². The first-order valence-electron chi connectivity index (χ1n) is 4.14. The minimum absolute atomic E-state index is 0. The molecule has 0 N–H and O–H groups in total. The van der Waals surface area contributed by atoms with E-state index in [0.717, 1.165) is 12.0 Å². The van der Waals surface area contributed by atoms with Crippen LogP contribution in [0.1, 0.15) is 12.5 Å². The second kappa shape index (κ2) is 6.87. The van der Waals surface area contributed by atoms with Gasteiger partial charge in [-0.1, -0.05) is 19.1 Å². The van der Waals surface area contributed by atoms with Gasteiger partial charge in [0.1, 0.15) is 12.4 Å². The number of carbonyl (C=O) groups is 1. The number of hydrogen-bond acceptors (Lipinski definition) is 3. The molecular weight excluding hydrogens is 191 g/mol. The fraction of sp³-hybridized carbons (Fsp3) is 0.300. The van der Waals surface area contributed by atoms with E-state index >= 15 is 0 Å². The summed E-state index contributed by atoms with van der Waals surface area (Å²) in [4.78, 5) is 10.1. The number of carbonyl (C=O) groups excluding carboxylic acids is 1. The third-order valence-corrected chi connectivity index (χ3v) is 1.66. The molecule has 1 rings (SSSR count). The molecule has 0 aliphatic rings. The van der Waals surface area contributed by atoms with E-state index in [1.807, 2.05) is 25.1 Å². The van der Waals surface area contributed by atoms with Crippen molar-refractivity contribution >= 4 is 5.97 Å². The first-order chi connectivity index (χ1) is 6.22. The molecule has 0 aliphatic heterocycles. The largest absolute Gasteiger partial charge is 1.00 e. The summed E-state index contributed by atoms with van der Waals surface area (Å²) in [7, 11) is 0. The van der Waals surface area contributed by atoms with E-state index in [-0.39, 0.29) is 29.6 Å². The molecule has 0 saturated heterocycles. The predicted octanol–water partition coefficient (Wildman–Crippen LogP) is -2.62. The third-order valence-electron chi connectivity index (χ3n) is 1.66. The minimum Gasteiger partial charge on any atom is -0.546 e. The van der Waals surface area contributed by atoms with Gasteiger partial charge >= 0.3 is 29.6 Å². The van der Waals surface area contributed by atoms with Crippen molar-refractivity contribution in [2.24, 2.45) is 0 Å². The summed E-state index contributed by atoms with van der Waals surface area (Å²) in [6.07, 6.45) is 0.905. The smallest absolute Gasteiger partial charge is 0.546 e. The molecule has 0 bridgehead atoms. The normalized spacial score (nSPS) is 8.93. The van der Waals surface area contributed by atoms with Gasteiger partial charge in [0, 0.05) is 0 Å². The number of ether oxygens (including phenoxy) is 1. The van der Waals surface area contributed by atoms with E-state index in [2.05, 4.69) is 0 Å². The SMILES string of the molecule is CCc1cccc(OCC(=O)[O-])c1.[Na+]. The Kier molecular flexibility index (Phi) is 6.62. The van der Waals surface area contributed by atoms with E-state index in [1.165, 1.54) is 0 Å². The molecule has 0 aliphatic carbocycles. The van der Waals surface area contributed by atoms with E-state index in [4.69, 9.17) is 4.74 Å². The number of aryl methyl sites for hydroxylation is 1. The Morgan fingerprint density at radius 2 is 2.21 bits per heavy atom. The van der Waals surface area contributed by atoms with Crippen molar-refractivity contribution < 1.29 is 44.2 Å². The molecule has 14 heavy (non-hydrogen) atoms. The van der Waals surface area contributed by atoms with Gasteiger partial charge in [-0.05, 0) is 24.1 Å². The zero-order chi connectivity index (χ0) is 9.68. The summed E-state index contributed by atoms with van der Waals surface area (Å²) in [5.41, 5.74) is 1.12. The van der Waals surface area contributed by atoms with Gasteiger partial charge in [-0.2, -0.15) is 0 Å². The third kappa shape index (κ3) is 4.65. The Labute approximate surface area is 105 Å². The molecule has 0 amide bonds. The van der Waals surface area contributed by atoms with E-state index in [9.17, 15) is 9.90 Å². The fourth-order valence-electron chi connectivity index (χ4n) is 0.997. The summed E-state index contributed by atoms with van der Waals surface area (Å²) in [6.45, 7) is 1.63. The van der Waals surface area contributed by atoms with Gasteiger partial charge in [-0.15, -0.1) is 0 Å². The maximum Gasteiger partial charge on any atom is 1.00 e. The molecule has 0 radical (unpaired) electrons. The average molecular weight is 202 g/mol. The van der Waals surface area contributed by atoms with Gasteiger partial charge in [0.25, 0.3) is 0 Å². The molecule has 1 aromatic rings. The van der Waals surface area contributed by atoms with Gasteiger partial charge in [-0.25, -0.2) is 0 Å². The summed E-state index contributed by atoms with van der Waals surface area (Å²) in [5.74, 6) is -0.634. The Morgan fingerprint density at radius 1 is 1.50 bits per heavy atom. The second-order valence-electron chi connectivity index (χ2n) is 2.66. The van der Waals surface area contributed by atoms with Crippen LogP contribution in [-0.2, 0) is 11.2 Å². The van der Waals surface area contributed by atoms with Crippen LogP contribution in [0.3, 0.4) is 0 Å². The van der Waals surface area contributed by atoms with Crippen LogP contribution >= 0.6 is 0 Å². The number of aliphatic carboxylic acids is 1. The molecule has 0 heterocycles. The first kappa shape index (κ1) is 13.5. The Balaban J connectivity index is 0.00000169. The van der Waals surface area contributed by atoms with Crippen LogP contribution in [0.4, 0.5) is 0 Å². The summed E-state index contributed by atoms with van der Waals surface area (Å²) >= 11 is 0. The Bertz CT molecular complexity index is 299. The van der Waals surface area contributed by atoms with Gasteiger partial charge in [-0.3, -0.25) is 0 Å². The number of benzene rings is 1. The molecule has 0 atom stereocenters. The Hall–Kier alpha value is -0.510. The molecule has 0 fully saturated rings. The molecule has 1 aromatic carbocycles. The number of carboxylic acid groups (broad SMARTS) is 1. The molecular formula is C10H11NaO3. The zero-order valence-electron chi connectivity index (χ0n) is 8.45. The molecule has 3 nitrogen and oxygen atoms in total. The van der Waals surface area contributed by atoms with Crippen LogP contribution in [0.25, 0.3) is 0 Å². The van der Waals surface area contributed by atoms with Crippen molar-refractivity contribution in [2.75, 3.05) is 6.61 Å². The number of rotatable bonds is 4. The molecule has 0 spiro atoms. The van der Waals surface area contributed by atoms with Crippen LogP contribution in [0.2, 0.25) is 0 Å². The van der Waals surface area contributed by atoms with Crippen LogP contribution in [-0.4, -0.2) is 12.6 Å². The van der Waals surface area contributed by atoms with Gasteiger partial charge in [0.15, 0.2) is 0 Å². The maximum atomic E-state index is 10.1. The summed E-state index contributed by atoms with van der Waals surface area (Å²) in [5, 5.41) is 10.1. The first-order valence-corrected chi connectivity index (χ1v) is 4.14. The van der Waals surface area contributed by atoms with Crippen molar-refractivity contribution in [3.63, 3.8) is 0 Å². The fourth-order valence-corrected chi connectivity index (χ4v) is 0.997. The summed E-state index contributed by atoms with van der Waals surface area (Å²) in [6, 6.07) is 7.35. The molecule has 70 valence electrons. The molecule has 0 saturated carbocycles. The van der Waals surface area contributed by atoms with Crippen LogP contribution in [0.5, 0.6) is 5.75 Å². The molecule has 4 heteroatoms. The van der Waals surface area contributed by atoms with E-state index in [1.54, 1.807) is 6.07 Å². The zero-order valence-corrected chi connectivity index (χ0v) is 10.4. The maximum absolute atomic E-state index is 10.1. The minimum atomic E-state index is -1.21. The topological polar surface area (TPSA) is 49.4 Å². The second-order valence-corrected chi connectivity index (χ2v) is 2.66. The van der Waals surface area contributed by atoms with Crippen molar-refractivity contribution in [3.8, 4) is 5.75 Å². The molecule has 0 aromatic heterocycles. The van der Waals surface area contributed by atoms with Crippen molar-refractivity contribution in [1.82, 2.24) is 0 Å². The van der Waals surface area contributed by atoms with Crippen molar-refractivity contribution in [1.29, 1.82) is 0 Å². The monoisotopic (exact) mass is 202 g/mol. The number of carboxylic acids is 1. The van der Waals surface area contributed by atoms with Crippen LogP contribution < -0.4 is 39.4 Å². The van der Waals surface area contributed by atoms with Crippen molar-refractivity contribution in [3.05, 3.63) is 29.8 Å². The van der Waals surface area contributed by atoms with Crippen LogP contribution in [0, 0.1) is 0 Å². The van der Waals surface area contributed by atoms with Gasteiger partial charge in [0.2, 0.25) is 0 Å². The summed E-state index contributed by atoms with van der Waals surface area (Å²) < 4.78 is 4.95. The van der Waals surface area contributed by atoms with E-state index in [0.29, 0.717) is 5.75 Å². The quantitative estimate of drug-likeness (QED) is 0.502. The standard InChI is InChI=1S/C10H12O3.Na/c1-2-8-4-3-5-9(6-8)13-7-10(11)12;/h3-6H,2,7H2,1H3,(H,11,12);/q;+1/p-1. The predicted molar refractivity (Wildman–Crippen MR) is 46.3 cm³/mol. The Morgan fingerprint density at radius 3 is 2.79 bits per heavy atom.